The Balaban J connectivity index is 0.000000210. The fourth-order valence-corrected chi connectivity index (χ4v) is 6.44. The predicted octanol–water partition coefficient (Wildman–Crippen LogP) is 7.25. The molecule has 6 rings (SSSR count). The maximum atomic E-state index is 13.1. The number of aromatic nitrogens is 2. The fraction of sp³-hybridized carbons (Fsp3) is 0.175. The summed E-state index contributed by atoms with van der Waals surface area (Å²) >= 11 is 6.72. The number of carbonyl (C=O) groups excluding carboxylic acids is 2. The Morgan fingerprint density at radius 2 is 1.15 bits per heavy atom. The van der Waals surface area contributed by atoms with Crippen LogP contribution in [0.1, 0.15) is 45.7 Å². The molecule has 0 radical (unpaired) electrons. The number of fused-ring (bicyclic) bond motifs is 2. The first-order chi connectivity index (χ1) is 24.9. The molecule has 0 unspecified atom stereocenters. The van der Waals surface area contributed by atoms with Gasteiger partial charge in [-0.1, -0.05) is 106 Å². The van der Waals surface area contributed by atoms with Crippen molar-refractivity contribution in [3.05, 3.63) is 161 Å². The minimum Gasteiger partial charge on any atom is -0.477 e. The van der Waals surface area contributed by atoms with Crippen LogP contribution in [0, 0.1) is 5.92 Å². The van der Waals surface area contributed by atoms with Gasteiger partial charge in [0.1, 0.15) is 17.2 Å². The van der Waals surface area contributed by atoms with E-state index in [1.807, 2.05) is 89.5 Å². The number of rotatable bonds is 9. The van der Waals surface area contributed by atoms with E-state index in [1.54, 1.807) is 36.7 Å². The van der Waals surface area contributed by atoms with E-state index >= 15 is 0 Å². The van der Waals surface area contributed by atoms with E-state index in [-0.39, 0.29) is 22.5 Å². The lowest BCUT2D eigenvalue weighted by atomic mass is 10.0. The summed E-state index contributed by atoms with van der Waals surface area (Å²) in [6.07, 6.45) is 2.96. The third kappa shape index (κ3) is 8.75. The van der Waals surface area contributed by atoms with E-state index < -0.39 is 29.3 Å². The molecule has 1 atom stereocenters. The molecule has 2 aromatic heterocycles. The number of nitrogens with one attached hydrogen (secondary N) is 1. The molecule has 10 nitrogen and oxygen atoms in total. The maximum Gasteiger partial charge on any atom is 0.341 e. The van der Waals surface area contributed by atoms with Crippen LogP contribution in [-0.2, 0) is 22.6 Å². The largest absolute Gasteiger partial charge is 0.477 e. The zero-order chi connectivity index (χ0) is 37.5. The number of amides is 1. The Bertz CT molecular complexity index is 2390. The minimum atomic E-state index is -1.21. The summed E-state index contributed by atoms with van der Waals surface area (Å²) in [5, 5.41) is 12.7. The summed E-state index contributed by atoms with van der Waals surface area (Å²) in [6.45, 7) is 4.59. The first kappa shape index (κ1) is 37.9. The molecule has 52 heavy (non-hydrogen) atoms. The summed E-state index contributed by atoms with van der Waals surface area (Å²) in [5.74, 6) is -2.56. The van der Waals surface area contributed by atoms with Crippen LogP contribution < -0.4 is 16.2 Å². The predicted molar refractivity (Wildman–Crippen MR) is 208 cm³/mol. The van der Waals surface area contributed by atoms with Gasteiger partial charge in [0.15, 0.2) is 0 Å². The molecule has 0 aliphatic heterocycles. The first-order valence-corrected chi connectivity index (χ1v) is 17.8. The van der Waals surface area contributed by atoms with E-state index in [0.29, 0.717) is 29.4 Å². The average molecular weight is 830 g/mol. The molecule has 0 fully saturated rings. The number of methoxy groups -OCH3 is 1. The SMILES string of the molecule is COC(=O)[C@@H](NC(=O)c1cn(Cc2ccccc2)c2ccc(Br)cc2c1=O)C(C)C.O=C(O)c1cn(Cc2ccccc2)c2ccc(Br)cc2c1=O. The number of benzene rings is 4. The van der Waals surface area contributed by atoms with Crippen LogP contribution in [0.15, 0.2) is 128 Å². The lowest BCUT2D eigenvalue weighted by Crippen LogP contribution is -2.46. The highest BCUT2D eigenvalue weighted by Gasteiger charge is 2.27. The summed E-state index contributed by atoms with van der Waals surface area (Å²) in [5.41, 5.74) is 2.40. The third-order valence-corrected chi connectivity index (χ3v) is 9.35. The highest BCUT2D eigenvalue weighted by atomic mass is 79.9. The van der Waals surface area contributed by atoms with Gasteiger partial charge in [0.2, 0.25) is 10.9 Å². The molecule has 2 heterocycles. The van der Waals surface area contributed by atoms with E-state index in [4.69, 9.17) is 4.74 Å². The molecule has 0 aliphatic carbocycles. The lowest BCUT2D eigenvalue weighted by molar-refractivity contribution is -0.144. The van der Waals surface area contributed by atoms with Gasteiger partial charge in [-0.05, 0) is 53.4 Å². The number of carboxylic acid groups (broad SMARTS) is 1. The van der Waals surface area contributed by atoms with Crippen molar-refractivity contribution >= 4 is 71.5 Å². The second kappa shape index (κ2) is 16.8. The molecular weight excluding hydrogens is 794 g/mol. The number of esters is 1. The molecule has 2 N–H and O–H groups in total. The highest BCUT2D eigenvalue weighted by molar-refractivity contribution is 9.10. The quantitative estimate of drug-likeness (QED) is 0.147. The molecule has 266 valence electrons. The highest BCUT2D eigenvalue weighted by Crippen LogP contribution is 2.21. The fourth-order valence-electron chi connectivity index (χ4n) is 5.72. The van der Waals surface area contributed by atoms with Crippen molar-refractivity contribution in [2.45, 2.75) is 33.0 Å². The van der Waals surface area contributed by atoms with Crippen LogP contribution >= 0.6 is 31.9 Å². The average Bonchev–Trinajstić information content (AvgIpc) is 3.13. The molecule has 6 aromatic rings. The van der Waals surface area contributed by atoms with E-state index in [2.05, 4.69) is 37.2 Å². The van der Waals surface area contributed by atoms with Gasteiger partial charge in [-0.25, -0.2) is 9.59 Å². The second-order valence-electron chi connectivity index (χ2n) is 12.3. The van der Waals surface area contributed by atoms with Gasteiger partial charge >= 0.3 is 11.9 Å². The van der Waals surface area contributed by atoms with Crippen LogP contribution in [0.4, 0.5) is 0 Å². The van der Waals surface area contributed by atoms with Crippen molar-refractivity contribution in [1.82, 2.24) is 14.5 Å². The molecular formula is C40H35Br2N3O7. The number of aromatic carboxylic acids is 1. The Hall–Kier alpha value is -5.33. The molecule has 0 saturated heterocycles. The molecule has 0 spiro atoms. The van der Waals surface area contributed by atoms with Gasteiger partial charge in [0, 0.05) is 45.2 Å². The standard InChI is InChI=1S/C23H23BrN2O4.C17H12BrNO3/c1-14(2)20(23(29)30-3)25-22(28)18-13-26(12-15-7-5-4-6-8-15)19-10-9-16(24)11-17(19)21(18)27;18-12-6-7-15-13(8-12)16(20)14(17(21)22)10-19(15)9-11-4-2-1-3-5-11/h4-11,13-14,20H,12H2,1-3H3,(H,25,28);1-8,10H,9H2,(H,21,22)/t20-;/m0./s1. The monoisotopic (exact) mass is 827 g/mol. The summed E-state index contributed by atoms with van der Waals surface area (Å²) in [7, 11) is 1.27. The Labute approximate surface area is 315 Å². The van der Waals surface area contributed by atoms with Gasteiger partial charge in [0.05, 0.1) is 18.1 Å². The third-order valence-electron chi connectivity index (χ3n) is 8.36. The zero-order valence-electron chi connectivity index (χ0n) is 28.5. The maximum absolute atomic E-state index is 13.1. The van der Waals surface area contributed by atoms with E-state index in [9.17, 15) is 29.1 Å². The van der Waals surface area contributed by atoms with Crippen LogP contribution in [0.2, 0.25) is 0 Å². The number of carboxylic acids is 1. The van der Waals surface area contributed by atoms with Gasteiger partial charge in [-0.15, -0.1) is 0 Å². The van der Waals surface area contributed by atoms with Gasteiger partial charge in [0.25, 0.3) is 5.91 Å². The summed E-state index contributed by atoms with van der Waals surface area (Å²) in [4.78, 5) is 61.8. The van der Waals surface area contributed by atoms with E-state index in [0.717, 1.165) is 25.6 Å². The van der Waals surface area contributed by atoms with Crippen molar-refractivity contribution in [3.63, 3.8) is 0 Å². The number of hydrogen-bond acceptors (Lipinski definition) is 6. The van der Waals surface area contributed by atoms with Crippen molar-refractivity contribution in [2.75, 3.05) is 7.11 Å². The molecule has 0 aliphatic rings. The molecule has 4 aromatic carbocycles. The lowest BCUT2D eigenvalue weighted by Gasteiger charge is -2.20. The van der Waals surface area contributed by atoms with Gasteiger partial charge in [-0.2, -0.15) is 0 Å². The van der Waals surface area contributed by atoms with Gasteiger partial charge < -0.3 is 24.3 Å². The summed E-state index contributed by atoms with van der Waals surface area (Å²) < 4.78 is 9.93. The first-order valence-electron chi connectivity index (χ1n) is 16.2. The number of nitrogens with zero attached hydrogens (tertiary/aromatic N) is 2. The van der Waals surface area contributed by atoms with Crippen molar-refractivity contribution in [2.24, 2.45) is 5.92 Å². The Morgan fingerprint density at radius 1 is 0.712 bits per heavy atom. The molecule has 1 amide bonds. The summed E-state index contributed by atoms with van der Waals surface area (Å²) in [6, 6.07) is 29.3. The number of hydrogen-bond donors (Lipinski definition) is 2. The number of ether oxygens (including phenoxy) is 1. The minimum absolute atomic E-state index is 0.0221. The number of carbonyl (C=O) groups is 3. The van der Waals surface area contributed by atoms with Crippen molar-refractivity contribution in [1.29, 1.82) is 0 Å². The van der Waals surface area contributed by atoms with E-state index in [1.165, 1.54) is 13.3 Å². The van der Waals surface area contributed by atoms with Crippen molar-refractivity contribution < 1.29 is 24.2 Å². The second-order valence-corrected chi connectivity index (χ2v) is 14.1. The zero-order valence-corrected chi connectivity index (χ0v) is 31.7. The molecule has 0 bridgehead atoms. The van der Waals surface area contributed by atoms with Crippen LogP contribution in [0.3, 0.4) is 0 Å². The van der Waals surface area contributed by atoms with Crippen LogP contribution in [0.25, 0.3) is 21.8 Å². The smallest absolute Gasteiger partial charge is 0.341 e. The Kier molecular flexibility index (Phi) is 12.2. The van der Waals surface area contributed by atoms with Gasteiger partial charge in [-0.3, -0.25) is 14.4 Å². The van der Waals surface area contributed by atoms with Crippen LogP contribution in [-0.4, -0.2) is 45.2 Å². The number of halogens is 2. The van der Waals surface area contributed by atoms with Crippen molar-refractivity contribution in [3.8, 4) is 0 Å². The number of pyridine rings is 2. The van der Waals surface area contributed by atoms with Crippen LogP contribution in [0.5, 0.6) is 0 Å². The topological polar surface area (TPSA) is 137 Å². The normalized spacial score (nSPS) is 11.5. The molecule has 0 saturated carbocycles. The Morgan fingerprint density at radius 3 is 1.58 bits per heavy atom. The molecule has 12 heteroatoms.